The molecule has 0 bridgehead atoms. The van der Waals surface area contributed by atoms with Crippen molar-refractivity contribution in [3.05, 3.63) is 30.3 Å². The van der Waals surface area contributed by atoms with E-state index < -0.39 is 0 Å². The minimum atomic E-state index is -0.296. The monoisotopic (exact) mass is 217 g/mol. The molecule has 0 aromatic heterocycles. The zero-order valence-electron chi connectivity index (χ0n) is 9.31. The van der Waals surface area contributed by atoms with Gasteiger partial charge >= 0.3 is 6.03 Å². The molecule has 0 unspecified atom stereocenters. The average molecular weight is 217 g/mol. The van der Waals surface area contributed by atoms with Crippen LogP contribution in [0.4, 0.5) is 10.5 Å². The molecule has 1 aliphatic rings. The van der Waals surface area contributed by atoms with Crippen LogP contribution < -0.4 is 5.32 Å². The van der Waals surface area contributed by atoms with Crippen LogP contribution in [0, 0.1) is 0 Å². The summed E-state index contributed by atoms with van der Waals surface area (Å²) in [7, 11) is 1.96. The number of hydrogen-bond donors (Lipinski definition) is 1. The van der Waals surface area contributed by atoms with Crippen LogP contribution in [-0.4, -0.2) is 30.4 Å². The number of aliphatic imine (C=N–C) groups is 1. The Hall–Kier alpha value is -1.84. The molecule has 16 heavy (non-hydrogen) atoms. The molecule has 1 heterocycles. The third-order valence-electron chi connectivity index (χ3n) is 2.59. The van der Waals surface area contributed by atoms with E-state index in [1.165, 1.54) is 0 Å². The average Bonchev–Trinajstić information content (AvgIpc) is 2.66. The Morgan fingerprint density at radius 1 is 1.38 bits per heavy atom. The van der Waals surface area contributed by atoms with E-state index in [2.05, 4.69) is 10.3 Å². The fraction of sp³-hybridized carbons (Fsp3) is 0.333. The molecule has 84 valence electrons. The molecular formula is C12H15N3O. The number of amidine groups is 1. The number of anilines is 1. The molecule has 1 N–H and O–H groups in total. The summed E-state index contributed by atoms with van der Waals surface area (Å²) in [6.07, 6.45) is 1.96. The van der Waals surface area contributed by atoms with E-state index in [4.69, 9.17) is 0 Å². The first-order chi connectivity index (χ1) is 7.75. The van der Waals surface area contributed by atoms with Gasteiger partial charge in [0.1, 0.15) is 5.84 Å². The van der Waals surface area contributed by atoms with Crippen molar-refractivity contribution in [2.45, 2.75) is 12.8 Å². The second-order valence-corrected chi connectivity index (χ2v) is 3.85. The normalized spacial score (nSPS) is 17.8. The van der Waals surface area contributed by atoms with Crippen molar-refractivity contribution < 1.29 is 4.79 Å². The van der Waals surface area contributed by atoms with Crippen molar-refractivity contribution in [2.24, 2.45) is 4.99 Å². The molecule has 2 amide bonds. The van der Waals surface area contributed by atoms with Crippen LogP contribution in [0.25, 0.3) is 0 Å². The third kappa shape index (κ3) is 2.59. The Morgan fingerprint density at radius 3 is 2.75 bits per heavy atom. The molecule has 2 rings (SSSR count). The van der Waals surface area contributed by atoms with Crippen LogP contribution in [0.3, 0.4) is 0 Å². The Bertz CT molecular complexity index is 400. The first-order valence-electron chi connectivity index (χ1n) is 5.40. The topological polar surface area (TPSA) is 44.7 Å². The number of carbonyl (C=O) groups is 1. The van der Waals surface area contributed by atoms with Crippen molar-refractivity contribution in [1.29, 1.82) is 0 Å². The number of para-hydroxylation sites is 1. The first-order valence-corrected chi connectivity index (χ1v) is 5.40. The number of nitrogens with one attached hydrogen (secondary N) is 1. The summed E-state index contributed by atoms with van der Waals surface area (Å²) < 4.78 is 0. The maximum absolute atomic E-state index is 11.6. The molecular weight excluding hydrogens is 202 g/mol. The van der Waals surface area contributed by atoms with Gasteiger partial charge in [-0.2, -0.15) is 4.99 Å². The number of benzene rings is 1. The molecule has 0 saturated carbocycles. The van der Waals surface area contributed by atoms with Gasteiger partial charge in [0.15, 0.2) is 0 Å². The Labute approximate surface area is 95.0 Å². The quantitative estimate of drug-likeness (QED) is 0.784. The molecule has 0 spiro atoms. The first kappa shape index (κ1) is 10.7. The Kier molecular flexibility index (Phi) is 3.19. The number of urea groups is 1. The van der Waals surface area contributed by atoms with Crippen molar-refractivity contribution in [3.8, 4) is 0 Å². The third-order valence-corrected chi connectivity index (χ3v) is 2.59. The lowest BCUT2D eigenvalue weighted by molar-refractivity contribution is 0.259. The second-order valence-electron chi connectivity index (χ2n) is 3.85. The highest BCUT2D eigenvalue weighted by Gasteiger charge is 2.15. The van der Waals surface area contributed by atoms with Crippen LogP contribution >= 0.6 is 0 Å². The fourth-order valence-corrected chi connectivity index (χ4v) is 1.73. The van der Waals surface area contributed by atoms with Crippen LogP contribution in [0.15, 0.2) is 35.3 Å². The summed E-state index contributed by atoms with van der Waals surface area (Å²) in [6, 6.07) is 9.06. The van der Waals surface area contributed by atoms with E-state index in [0.717, 1.165) is 30.9 Å². The van der Waals surface area contributed by atoms with E-state index in [0.29, 0.717) is 0 Å². The minimum Gasteiger partial charge on any atom is -0.363 e. The van der Waals surface area contributed by atoms with Gasteiger partial charge in [0.05, 0.1) is 0 Å². The maximum Gasteiger partial charge on any atom is 0.347 e. The van der Waals surface area contributed by atoms with E-state index >= 15 is 0 Å². The number of amides is 2. The molecule has 1 aromatic carbocycles. The molecule has 4 heteroatoms. The molecule has 1 aliphatic heterocycles. The zero-order valence-corrected chi connectivity index (χ0v) is 9.31. The van der Waals surface area contributed by atoms with E-state index in [1.807, 2.05) is 42.3 Å². The molecule has 1 fully saturated rings. The number of likely N-dealkylation sites (tertiary alicyclic amines) is 1. The van der Waals surface area contributed by atoms with Crippen LogP contribution in [-0.2, 0) is 0 Å². The van der Waals surface area contributed by atoms with Gasteiger partial charge in [0.25, 0.3) is 0 Å². The van der Waals surface area contributed by atoms with E-state index in [-0.39, 0.29) is 6.03 Å². The van der Waals surface area contributed by atoms with Crippen LogP contribution in [0.1, 0.15) is 12.8 Å². The number of nitrogens with zero attached hydrogens (tertiary/aromatic N) is 2. The predicted octanol–water partition coefficient (Wildman–Crippen LogP) is 2.34. The smallest absolute Gasteiger partial charge is 0.347 e. The summed E-state index contributed by atoms with van der Waals surface area (Å²) in [5, 5.41) is 2.74. The van der Waals surface area contributed by atoms with Crippen LogP contribution in [0.5, 0.6) is 0 Å². The molecule has 0 atom stereocenters. The molecule has 1 aromatic rings. The van der Waals surface area contributed by atoms with Crippen molar-refractivity contribution >= 4 is 17.6 Å². The fourth-order valence-electron chi connectivity index (χ4n) is 1.73. The standard InChI is InChI=1S/C12H15N3O/c1-15-9-5-8-11(15)14-12(16)13-10-6-3-2-4-7-10/h2-4,6-7H,5,8-9H2,1H3,(H,13,16)/b14-11-. The van der Waals surface area contributed by atoms with Crippen molar-refractivity contribution in [2.75, 3.05) is 18.9 Å². The van der Waals surface area contributed by atoms with Gasteiger partial charge in [-0.05, 0) is 18.6 Å². The van der Waals surface area contributed by atoms with E-state index in [1.54, 1.807) is 0 Å². The van der Waals surface area contributed by atoms with Crippen molar-refractivity contribution in [1.82, 2.24) is 4.90 Å². The van der Waals surface area contributed by atoms with Gasteiger partial charge in [-0.15, -0.1) is 0 Å². The van der Waals surface area contributed by atoms with Crippen molar-refractivity contribution in [3.63, 3.8) is 0 Å². The zero-order chi connectivity index (χ0) is 11.4. The summed E-state index contributed by atoms with van der Waals surface area (Å²) in [6.45, 7) is 0.984. The predicted molar refractivity (Wildman–Crippen MR) is 64.8 cm³/mol. The van der Waals surface area contributed by atoms with Gasteiger partial charge in [-0.25, -0.2) is 4.79 Å². The summed E-state index contributed by atoms with van der Waals surface area (Å²) in [5.74, 6) is 0.869. The van der Waals surface area contributed by atoms with Gasteiger partial charge in [-0.3, -0.25) is 0 Å². The molecule has 1 saturated heterocycles. The Balaban J connectivity index is 1.99. The lowest BCUT2D eigenvalue weighted by atomic mass is 10.3. The van der Waals surface area contributed by atoms with Gasteiger partial charge < -0.3 is 10.2 Å². The highest BCUT2D eigenvalue weighted by atomic mass is 16.2. The van der Waals surface area contributed by atoms with Gasteiger partial charge in [-0.1, -0.05) is 18.2 Å². The molecule has 0 radical (unpaired) electrons. The van der Waals surface area contributed by atoms with Crippen LogP contribution in [0.2, 0.25) is 0 Å². The summed E-state index contributed by atoms with van der Waals surface area (Å²) in [4.78, 5) is 17.7. The minimum absolute atomic E-state index is 0.296. The highest BCUT2D eigenvalue weighted by Crippen LogP contribution is 2.10. The lowest BCUT2D eigenvalue weighted by Crippen LogP contribution is -2.21. The summed E-state index contributed by atoms with van der Waals surface area (Å²) >= 11 is 0. The second kappa shape index (κ2) is 4.79. The highest BCUT2D eigenvalue weighted by molar-refractivity contribution is 6.00. The molecule has 4 nitrogen and oxygen atoms in total. The lowest BCUT2D eigenvalue weighted by Gasteiger charge is -2.10. The largest absolute Gasteiger partial charge is 0.363 e. The number of carbonyl (C=O) groups excluding carboxylic acids is 1. The number of hydrogen-bond acceptors (Lipinski definition) is 1. The maximum atomic E-state index is 11.6. The SMILES string of the molecule is CN1CCC/C1=N/C(=O)Nc1ccccc1. The van der Waals surface area contributed by atoms with Gasteiger partial charge in [0.2, 0.25) is 0 Å². The Morgan fingerprint density at radius 2 is 2.12 bits per heavy atom. The number of rotatable bonds is 1. The molecule has 0 aliphatic carbocycles. The van der Waals surface area contributed by atoms with E-state index in [9.17, 15) is 4.79 Å². The summed E-state index contributed by atoms with van der Waals surface area (Å²) in [5.41, 5.74) is 0.775. The van der Waals surface area contributed by atoms with Gasteiger partial charge in [0, 0.05) is 25.7 Å².